The number of hydrogen-bond donors (Lipinski definition) is 1. The van der Waals surface area contributed by atoms with Crippen molar-refractivity contribution < 1.29 is 12.8 Å². The summed E-state index contributed by atoms with van der Waals surface area (Å²) in [5.41, 5.74) is 3.34. The van der Waals surface area contributed by atoms with Gasteiger partial charge in [-0.05, 0) is 69.0 Å². The van der Waals surface area contributed by atoms with Gasteiger partial charge in [0, 0.05) is 24.5 Å². The fourth-order valence-electron chi connectivity index (χ4n) is 4.19. The number of para-hydroxylation sites is 1. The Kier molecular flexibility index (Phi) is 7.53. The highest BCUT2D eigenvalue weighted by Crippen LogP contribution is 2.30. The topological polar surface area (TPSA) is 78.7 Å². The molecule has 0 unspecified atom stereocenters. The zero-order valence-electron chi connectivity index (χ0n) is 19.5. The molecule has 1 saturated heterocycles. The van der Waals surface area contributed by atoms with Crippen LogP contribution in [0.1, 0.15) is 41.2 Å². The first kappa shape index (κ1) is 23.9. The molecule has 0 atom stereocenters. The average molecular weight is 489 g/mol. The first-order valence-corrected chi connectivity index (χ1v) is 14.0. The lowest BCUT2D eigenvalue weighted by Crippen LogP contribution is -2.28. The normalized spacial score (nSPS) is 15.3. The molecule has 9 heteroatoms. The lowest BCUT2D eigenvalue weighted by Gasteiger charge is -2.25. The number of nitrogens with one attached hydrogen (secondary N) is 1. The standard InChI is InChI=1S/C24H32N4O3S2/c1-18-23(25-24(31-18)21-9-5-6-10-22(21)26-33(3,29)30)16-27(2)15-20-13-19(17-32-20)14-28-11-7-4-8-12-28/h5-6,9-10,13,17,26H,4,7-8,11-12,14-16H2,1-3H3. The number of sulfonamides is 1. The molecule has 3 aromatic rings. The maximum atomic E-state index is 11.7. The van der Waals surface area contributed by atoms with Gasteiger partial charge in [-0.1, -0.05) is 18.6 Å². The SMILES string of the molecule is Cc1oc(-c2ccccc2NS(C)(=O)=O)nc1CN(C)Cc1cc(CN2CCCCC2)cs1. The Morgan fingerprint density at radius 3 is 2.70 bits per heavy atom. The summed E-state index contributed by atoms with van der Waals surface area (Å²) in [6, 6.07) is 9.46. The van der Waals surface area contributed by atoms with E-state index in [1.165, 1.54) is 42.8 Å². The van der Waals surface area contributed by atoms with Gasteiger partial charge in [0.15, 0.2) is 0 Å². The van der Waals surface area contributed by atoms with E-state index in [2.05, 4.69) is 38.0 Å². The van der Waals surface area contributed by atoms with Crippen LogP contribution in [0.25, 0.3) is 11.5 Å². The molecule has 0 aliphatic carbocycles. The number of hydrogen-bond acceptors (Lipinski definition) is 7. The van der Waals surface area contributed by atoms with E-state index in [1.807, 2.05) is 30.4 Å². The van der Waals surface area contributed by atoms with Gasteiger partial charge in [-0.3, -0.25) is 14.5 Å². The van der Waals surface area contributed by atoms with Crippen LogP contribution in [0.15, 0.2) is 40.1 Å². The Morgan fingerprint density at radius 2 is 1.94 bits per heavy atom. The third-order valence-electron chi connectivity index (χ3n) is 5.75. The van der Waals surface area contributed by atoms with Crippen LogP contribution >= 0.6 is 11.3 Å². The molecule has 1 fully saturated rings. The third-order valence-corrected chi connectivity index (χ3v) is 7.31. The van der Waals surface area contributed by atoms with Crippen molar-refractivity contribution >= 4 is 27.0 Å². The van der Waals surface area contributed by atoms with E-state index in [0.717, 1.165) is 30.8 Å². The first-order chi connectivity index (χ1) is 15.8. The van der Waals surface area contributed by atoms with E-state index in [0.29, 0.717) is 23.7 Å². The second-order valence-electron chi connectivity index (χ2n) is 8.87. The van der Waals surface area contributed by atoms with Crippen molar-refractivity contribution in [3.8, 4) is 11.5 Å². The van der Waals surface area contributed by atoms with Gasteiger partial charge in [0.05, 0.1) is 23.2 Å². The van der Waals surface area contributed by atoms with E-state index in [4.69, 9.17) is 4.42 Å². The Hall–Kier alpha value is -2.20. The molecular formula is C24H32N4O3S2. The molecule has 33 heavy (non-hydrogen) atoms. The van der Waals surface area contributed by atoms with Crippen LogP contribution in [0, 0.1) is 6.92 Å². The van der Waals surface area contributed by atoms with Gasteiger partial charge in [0.2, 0.25) is 15.9 Å². The largest absolute Gasteiger partial charge is 0.441 e. The molecule has 4 rings (SSSR count). The van der Waals surface area contributed by atoms with Crippen molar-refractivity contribution in [3.05, 3.63) is 57.6 Å². The van der Waals surface area contributed by atoms with Gasteiger partial charge in [-0.2, -0.15) is 0 Å². The number of benzene rings is 1. The molecule has 1 N–H and O–H groups in total. The number of rotatable bonds is 9. The van der Waals surface area contributed by atoms with Gasteiger partial charge in [0.1, 0.15) is 5.76 Å². The molecule has 0 saturated carbocycles. The number of aromatic nitrogens is 1. The Balaban J connectivity index is 1.40. The minimum atomic E-state index is -3.40. The van der Waals surface area contributed by atoms with Crippen molar-refractivity contribution in [1.29, 1.82) is 0 Å². The molecule has 0 spiro atoms. The van der Waals surface area contributed by atoms with Crippen LogP contribution in [0.2, 0.25) is 0 Å². The van der Waals surface area contributed by atoms with Crippen molar-refractivity contribution in [1.82, 2.24) is 14.8 Å². The minimum Gasteiger partial charge on any atom is -0.441 e. The zero-order valence-corrected chi connectivity index (χ0v) is 21.1. The highest BCUT2D eigenvalue weighted by molar-refractivity contribution is 7.92. The summed E-state index contributed by atoms with van der Waals surface area (Å²) in [6.45, 7) is 6.86. The second-order valence-corrected chi connectivity index (χ2v) is 11.6. The number of anilines is 1. The molecule has 3 heterocycles. The molecule has 1 aromatic carbocycles. The van der Waals surface area contributed by atoms with Crippen molar-refractivity contribution in [3.63, 3.8) is 0 Å². The summed E-state index contributed by atoms with van der Waals surface area (Å²) >= 11 is 1.81. The highest BCUT2D eigenvalue weighted by Gasteiger charge is 2.18. The Labute approximate surface area is 200 Å². The minimum absolute atomic E-state index is 0.419. The lowest BCUT2D eigenvalue weighted by molar-refractivity contribution is 0.221. The van der Waals surface area contributed by atoms with Crippen LogP contribution in [-0.4, -0.2) is 49.6 Å². The summed E-state index contributed by atoms with van der Waals surface area (Å²) in [4.78, 5) is 10.8. The molecule has 0 bridgehead atoms. The first-order valence-electron chi connectivity index (χ1n) is 11.3. The highest BCUT2D eigenvalue weighted by atomic mass is 32.2. The second kappa shape index (κ2) is 10.4. The van der Waals surface area contributed by atoms with E-state index >= 15 is 0 Å². The smallest absolute Gasteiger partial charge is 0.229 e. The van der Waals surface area contributed by atoms with Crippen molar-refractivity contribution in [2.24, 2.45) is 0 Å². The zero-order chi connectivity index (χ0) is 23.4. The number of aryl methyl sites for hydroxylation is 1. The fraction of sp³-hybridized carbons (Fsp3) is 0.458. The van der Waals surface area contributed by atoms with Crippen LogP contribution in [0.4, 0.5) is 5.69 Å². The summed E-state index contributed by atoms with van der Waals surface area (Å²) in [5.74, 6) is 1.16. The van der Waals surface area contributed by atoms with E-state index in [9.17, 15) is 8.42 Å². The van der Waals surface area contributed by atoms with Crippen molar-refractivity contribution in [2.75, 3.05) is 31.1 Å². The molecule has 2 aromatic heterocycles. The molecule has 7 nitrogen and oxygen atoms in total. The van der Waals surface area contributed by atoms with Crippen LogP contribution < -0.4 is 4.72 Å². The third kappa shape index (κ3) is 6.66. The summed E-state index contributed by atoms with van der Waals surface area (Å²) < 4.78 is 31.9. The molecule has 178 valence electrons. The molecule has 0 amide bonds. The molecule has 1 aliphatic rings. The average Bonchev–Trinajstić information content (AvgIpc) is 3.34. The van der Waals surface area contributed by atoms with Crippen LogP contribution in [0.3, 0.4) is 0 Å². The quantitative estimate of drug-likeness (QED) is 0.470. The lowest BCUT2D eigenvalue weighted by atomic mass is 10.1. The summed E-state index contributed by atoms with van der Waals surface area (Å²) in [6.07, 6.45) is 5.12. The maximum Gasteiger partial charge on any atom is 0.229 e. The van der Waals surface area contributed by atoms with Gasteiger partial charge >= 0.3 is 0 Å². The van der Waals surface area contributed by atoms with E-state index in [1.54, 1.807) is 12.1 Å². The van der Waals surface area contributed by atoms with Gasteiger partial charge in [-0.25, -0.2) is 13.4 Å². The monoisotopic (exact) mass is 488 g/mol. The van der Waals surface area contributed by atoms with Gasteiger partial charge < -0.3 is 4.42 Å². The molecule has 1 aliphatic heterocycles. The van der Waals surface area contributed by atoms with Crippen molar-refractivity contribution in [2.45, 2.75) is 45.8 Å². The fourth-order valence-corrected chi connectivity index (χ4v) is 5.73. The number of likely N-dealkylation sites (tertiary alicyclic amines) is 1. The van der Waals surface area contributed by atoms with Gasteiger partial charge in [0.25, 0.3) is 0 Å². The molecular weight excluding hydrogens is 456 g/mol. The number of thiophene rings is 1. The summed E-state index contributed by atoms with van der Waals surface area (Å²) in [7, 11) is -1.32. The summed E-state index contributed by atoms with van der Waals surface area (Å²) in [5, 5.41) is 2.28. The number of nitrogens with zero attached hydrogens (tertiary/aromatic N) is 3. The Morgan fingerprint density at radius 1 is 1.18 bits per heavy atom. The number of oxazole rings is 1. The van der Waals surface area contributed by atoms with Crippen LogP contribution in [0.5, 0.6) is 0 Å². The number of piperidine rings is 1. The van der Waals surface area contributed by atoms with E-state index in [-0.39, 0.29) is 0 Å². The molecule has 0 radical (unpaired) electrons. The van der Waals surface area contributed by atoms with E-state index < -0.39 is 10.0 Å². The van der Waals surface area contributed by atoms with Gasteiger partial charge in [-0.15, -0.1) is 11.3 Å². The predicted octanol–water partition coefficient (Wildman–Crippen LogP) is 4.70. The van der Waals surface area contributed by atoms with Crippen LogP contribution in [-0.2, 0) is 29.7 Å². The predicted molar refractivity (Wildman–Crippen MR) is 134 cm³/mol. The maximum absolute atomic E-state index is 11.7. The Bertz CT molecular complexity index is 1180.